The van der Waals surface area contributed by atoms with Gasteiger partial charge >= 0.3 is 0 Å². The number of rotatable bonds is 5. The van der Waals surface area contributed by atoms with Gasteiger partial charge in [0.05, 0.1) is 25.7 Å². The number of hydrogen-bond acceptors (Lipinski definition) is 5. The number of hydrogen-bond donors (Lipinski definition) is 1. The van der Waals surface area contributed by atoms with E-state index in [1.54, 1.807) is 13.4 Å². The molecule has 0 saturated heterocycles. The number of nitrogens with zero attached hydrogens (tertiary/aromatic N) is 3. The van der Waals surface area contributed by atoms with E-state index in [9.17, 15) is 0 Å². The molecule has 1 N–H and O–H groups in total. The van der Waals surface area contributed by atoms with Crippen LogP contribution in [0.1, 0.15) is 11.3 Å². The van der Waals surface area contributed by atoms with Gasteiger partial charge in [-0.3, -0.25) is 0 Å². The van der Waals surface area contributed by atoms with Gasteiger partial charge < -0.3 is 14.6 Å². The Labute approximate surface area is 158 Å². The van der Waals surface area contributed by atoms with Crippen molar-refractivity contribution in [3.05, 3.63) is 72.3 Å². The molecule has 0 aliphatic carbocycles. The lowest BCUT2D eigenvalue weighted by atomic mass is 10.1. The standard InChI is InChI=1S/C20H22N4OS/c1-25-19-8-4-2-6-16(19)13-23-10-11-24(14-17-12-21-15-22-17)26-20-9-5-3-7-18(20)23/h2-9,12,15H,10-11,13-14H2,1H3,(H,21,22). The Morgan fingerprint density at radius 3 is 2.77 bits per heavy atom. The number of nitrogens with one attached hydrogen (secondary N) is 1. The smallest absolute Gasteiger partial charge is 0.123 e. The minimum Gasteiger partial charge on any atom is -0.496 e. The molecular formula is C20H22N4OS. The highest BCUT2D eigenvalue weighted by Gasteiger charge is 2.21. The van der Waals surface area contributed by atoms with Crippen molar-refractivity contribution < 1.29 is 4.74 Å². The molecule has 1 aliphatic rings. The first kappa shape index (κ1) is 17.0. The highest BCUT2D eigenvalue weighted by Crippen LogP contribution is 2.37. The summed E-state index contributed by atoms with van der Waals surface area (Å²) in [5, 5.41) is 0. The van der Waals surface area contributed by atoms with Crippen LogP contribution < -0.4 is 9.64 Å². The summed E-state index contributed by atoms with van der Waals surface area (Å²) in [6.07, 6.45) is 3.63. The summed E-state index contributed by atoms with van der Waals surface area (Å²) in [6, 6.07) is 16.9. The first-order chi connectivity index (χ1) is 12.8. The summed E-state index contributed by atoms with van der Waals surface area (Å²) in [7, 11) is 1.73. The van der Waals surface area contributed by atoms with Crippen molar-refractivity contribution in [2.24, 2.45) is 0 Å². The van der Waals surface area contributed by atoms with Crippen LogP contribution in [0.3, 0.4) is 0 Å². The summed E-state index contributed by atoms with van der Waals surface area (Å²) >= 11 is 1.81. The lowest BCUT2D eigenvalue weighted by Gasteiger charge is -2.25. The molecule has 2 heterocycles. The lowest BCUT2D eigenvalue weighted by Crippen LogP contribution is -2.29. The number of ether oxygens (including phenoxy) is 1. The van der Waals surface area contributed by atoms with Crippen molar-refractivity contribution >= 4 is 17.6 Å². The van der Waals surface area contributed by atoms with Crippen LogP contribution in [0.25, 0.3) is 0 Å². The van der Waals surface area contributed by atoms with E-state index < -0.39 is 0 Å². The molecule has 5 nitrogen and oxygen atoms in total. The van der Waals surface area contributed by atoms with Crippen molar-refractivity contribution in [1.82, 2.24) is 14.3 Å². The van der Waals surface area contributed by atoms with Crippen molar-refractivity contribution in [3.63, 3.8) is 0 Å². The topological polar surface area (TPSA) is 44.4 Å². The van der Waals surface area contributed by atoms with E-state index >= 15 is 0 Å². The molecule has 0 bridgehead atoms. The third-order valence-corrected chi connectivity index (χ3v) is 5.62. The molecule has 1 aromatic heterocycles. The Hall–Kier alpha value is -2.44. The summed E-state index contributed by atoms with van der Waals surface area (Å²) in [6.45, 7) is 3.60. The van der Waals surface area contributed by atoms with Crippen molar-refractivity contribution in [1.29, 1.82) is 0 Å². The van der Waals surface area contributed by atoms with E-state index in [1.807, 2.05) is 30.3 Å². The van der Waals surface area contributed by atoms with E-state index in [0.29, 0.717) is 0 Å². The van der Waals surface area contributed by atoms with Gasteiger partial charge in [-0.05, 0) is 30.1 Å². The molecule has 0 atom stereocenters. The van der Waals surface area contributed by atoms with Crippen LogP contribution in [0.4, 0.5) is 5.69 Å². The Morgan fingerprint density at radius 2 is 1.92 bits per heavy atom. The zero-order chi connectivity index (χ0) is 17.8. The average Bonchev–Trinajstić information content (AvgIpc) is 3.12. The summed E-state index contributed by atoms with van der Waals surface area (Å²) < 4.78 is 7.93. The van der Waals surface area contributed by atoms with Crippen molar-refractivity contribution in [3.8, 4) is 5.75 Å². The maximum Gasteiger partial charge on any atom is 0.123 e. The SMILES string of the molecule is COc1ccccc1CN1CCN(Cc2cnc[nH]2)Sc2ccccc21. The van der Waals surface area contributed by atoms with Crippen LogP contribution >= 0.6 is 11.9 Å². The molecule has 2 aromatic carbocycles. The van der Waals surface area contributed by atoms with Gasteiger partial charge in [-0.25, -0.2) is 9.29 Å². The second kappa shape index (κ2) is 7.85. The van der Waals surface area contributed by atoms with E-state index in [1.165, 1.54) is 16.1 Å². The highest BCUT2D eigenvalue weighted by molar-refractivity contribution is 7.97. The molecule has 26 heavy (non-hydrogen) atoms. The molecular weight excluding hydrogens is 344 g/mol. The third kappa shape index (κ3) is 3.71. The fraction of sp³-hybridized carbons (Fsp3) is 0.250. The zero-order valence-electron chi connectivity index (χ0n) is 14.8. The van der Waals surface area contributed by atoms with E-state index in [2.05, 4.69) is 55.6 Å². The molecule has 0 amide bonds. The summed E-state index contributed by atoms with van der Waals surface area (Å²) in [4.78, 5) is 11.0. The fourth-order valence-electron chi connectivity index (χ4n) is 3.21. The Balaban J connectivity index is 1.58. The van der Waals surface area contributed by atoms with Gasteiger partial charge in [-0.1, -0.05) is 30.3 Å². The van der Waals surface area contributed by atoms with Gasteiger partial charge in [0.25, 0.3) is 0 Å². The molecule has 1 aliphatic heterocycles. The van der Waals surface area contributed by atoms with Crippen molar-refractivity contribution in [2.75, 3.05) is 25.1 Å². The number of benzene rings is 2. The minimum atomic E-state index is 0.833. The first-order valence-electron chi connectivity index (χ1n) is 8.69. The van der Waals surface area contributed by atoms with E-state index in [4.69, 9.17) is 4.74 Å². The second-order valence-electron chi connectivity index (χ2n) is 6.23. The molecule has 6 heteroatoms. The molecule has 0 radical (unpaired) electrons. The molecule has 0 saturated carbocycles. The third-order valence-electron chi connectivity index (χ3n) is 4.51. The molecule has 134 valence electrons. The first-order valence-corrected chi connectivity index (χ1v) is 9.47. The Morgan fingerprint density at radius 1 is 1.08 bits per heavy atom. The van der Waals surface area contributed by atoms with Gasteiger partial charge in [-0.15, -0.1) is 0 Å². The quantitative estimate of drug-likeness (QED) is 0.693. The lowest BCUT2D eigenvalue weighted by molar-refractivity contribution is 0.408. The second-order valence-corrected chi connectivity index (χ2v) is 7.37. The van der Waals surface area contributed by atoms with Crippen LogP contribution in [0.15, 0.2) is 66.0 Å². The number of H-pyrrole nitrogens is 1. The van der Waals surface area contributed by atoms with Crippen LogP contribution in [-0.4, -0.2) is 34.5 Å². The average molecular weight is 366 g/mol. The largest absolute Gasteiger partial charge is 0.496 e. The number of aromatic amines is 1. The molecule has 3 aromatic rings. The fourth-order valence-corrected chi connectivity index (χ4v) is 4.29. The van der Waals surface area contributed by atoms with E-state index in [0.717, 1.165) is 37.6 Å². The molecule has 0 fully saturated rings. The predicted molar refractivity (Wildman–Crippen MR) is 105 cm³/mol. The summed E-state index contributed by atoms with van der Waals surface area (Å²) in [5.41, 5.74) is 3.61. The number of fused-ring (bicyclic) bond motifs is 1. The maximum atomic E-state index is 5.54. The normalized spacial score (nSPS) is 14.7. The Bertz CT molecular complexity index is 853. The van der Waals surface area contributed by atoms with Gasteiger partial charge in [0.1, 0.15) is 5.75 Å². The summed E-state index contributed by atoms with van der Waals surface area (Å²) in [5.74, 6) is 0.941. The number of aromatic nitrogens is 2. The molecule has 0 spiro atoms. The Kier molecular flexibility index (Phi) is 5.13. The van der Waals surface area contributed by atoms with Crippen LogP contribution in [0.2, 0.25) is 0 Å². The number of imidazole rings is 1. The van der Waals surface area contributed by atoms with Gasteiger partial charge in [0.2, 0.25) is 0 Å². The number of anilines is 1. The monoisotopic (exact) mass is 366 g/mol. The molecule has 0 unspecified atom stereocenters. The van der Waals surface area contributed by atoms with Crippen molar-refractivity contribution in [2.45, 2.75) is 18.0 Å². The van der Waals surface area contributed by atoms with E-state index in [-0.39, 0.29) is 0 Å². The van der Waals surface area contributed by atoms with Crippen LogP contribution in [0, 0.1) is 0 Å². The predicted octanol–water partition coefficient (Wildman–Crippen LogP) is 3.95. The van der Waals surface area contributed by atoms with Gasteiger partial charge in [0, 0.05) is 42.0 Å². The van der Waals surface area contributed by atoms with Gasteiger partial charge in [0.15, 0.2) is 0 Å². The highest BCUT2D eigenvalue weighted by atomic mass is 32.2. The maximum absolute atomic E-state index is 5.54. The van der Waals surface area contributed by atoms with Crippen LogP contribution in [-0.2, 0) is 13.1 Å². The van der Waals surface area contributed by atoms with Crippen LogP contribution in [0.5, 0.6) is 5.75 Å². The van der Waals surface area contributed by atoms with Gasteiger partial charge in [-0.2, -0.15) is 0 Å². The zero-order valence-corrected chi connectivity index (χ0v) is 15.6. The molecule has 4 rings (SSSR count). The minimum absolute atomic E-state index is 0.833. The number of para-hydroxylation sites is 2. The number of methoxy groups -OCH3 is 1.